The number of aromatic nitrogens is 2. The van der Waals surface area contributed by atoms with E-state index in [-0.39, 0.29) is 6.04 Å². The minimum atomic E-state index is 0.194. The molecule has 0 bridgehead atoms. The highest BCUT2D eigenvalue weighted by molar-refractivity contribution is 5.45. The third-order valence-corrected chi connectivity index (χ3v) is 3.60. The van der Waals surface area contributed by atoms with Crippen LogP contribution in [0.1, 0.15) is 18.5 Å². The van der Waals surface area contributed by atoms with Crippen molar-refractivity contribution in [3.63, 3.8) is 0 Å². The molecule has 2 aromatic carbocycles. The van der Waals surface area contributed by atoms with E-state index >= 15 is 0 Å². The summed E-state index contributed by atoms with van der Waals surface area (Å²) < 4.78 is 7.05. The van der Waals surface area contributed by atoms with Crippen molar-refractivity contribution in [1.29, 1.82) is 0 Å². The predicted molar refractivity (Wildman–Crippen MR) is 88.6 cm³/mol. The fourth-order valence-corrected chi connectivity index (χ4v) is 2.35. The Hall–Kier alpha value is -2.75. The van der Waals surface area contributed by atoms with Crippen LogP contribution in [-0.2, 0) is 0 Å². The lowest BCUT2D eigenvalue weighted by Gasteiger charge is -2.14. The number of nitrogens with one attached hydrogen (secondary N) is 1. The maximum atomic E-state index is 5.19. The smallest absolute Gasteiger partial charge is 0.118 e. The van der Waals surface area contributed by atoms with Gasteiger partial charge in [-0.15, -0.1) is 0 Å². The van der Waals surface area contributed by atoms with Crippen LogP contribution in [0, 0.1) is 0 Å². The van der Waals surface area contributed by atoms with E-state index in [4.69, 9.17) is 4.74 Å². The molecule has 1 heterocycles. The summed E-state index contributed by atoms with van der Waals surface area (Å²) in [6.07, 6.45) is 3.84. The van der Waals surface area contributed by atoms with Gasteiger partial charge in [0, 0.05) is 6.04 Å². The Kier molecular flexibility index (Phi) is 4.10. The van der Waals surface area contributed by atoms with E-state index in [9.17, 15) is 0 Å². The fraction of sp³-hybridized carbons (Fsp3) is 0.167. The second kappa shape index (κ2) is 6.35. The van der Waals surface area contributed by atoms with Crippen LogP contribution in [0.2, 0.25) is 0 Å². The van der Waals surface area contributed by atoms with Crippen LogP contribution in [0.5, 0.6) is 5.75 Å². The average Bonchev–Trinajstić information content (AvgIpc) is 3.04. The number of hydrogen-bond acceptors (Lipinski definition) is 3. The summed E-state index contributed by atoms with van der Waals surface area (Å²) in [4.78, 5) is 0. The maximum absolute atomic E-state index is 5.19. The molecule has 1 N–H and O–H groups in total. The number of hydrogen-bond donors (Lipinski definition) is 1. The number of ether oxygens (including phenoxy) is 1. The van der Waals surface area contributed by atoms with Gasteiger partial charge < -0.3 is 10.1 Å². The van der Waals surface area contributed by atoms with Crippen LogP contribution in [0.25, 0.3) is 5.69 Å². The van der Waals surface area contributed by atoms with Gasteiger partial charge in [-0.3, -0.25) is 0 Å². The summed E-state index contributed by atoms with van der Waals surface area (Å²) in [5, 5.41) is 7.86. The van der Waals surface area contributed by atoms with Crippen molar-refractivity contribution in [2.75, 3.05) is 12.4 Å². The molecule has 4 nitrogen and oxygen atoms in total. The zero-order valence-electron chi connectivity index (χ0n) is 12.7. The van der Waals surface area contributed by atoms with Crippen LogP contribution in [0.4, 0.5) is 5.69 Å². The molecular weight excluding hydrogens is 274 g/mol. The number of methoxy groups -OCH3 is 1. The number of anilines is 1. The molecule has 0 saturated heterocycles. The van der Waals surface area contributed by atoms with Gasteiger partial charge in [-0.05, 0) is 36.8 Å². The Balaban J connectivity index is 1.71. The lowest BCUT2D eigenvalue weighted by molar-refractivity contribution is 0.414. The summed E-state index contributed by atoms with van der Waals surface area (Å²) in [5.74, 6) is 0.868. The first-order valence-electron chi connectivity index (χ1n) is 7.27. The maximum Gasteiger partial charge on any atom is 0.118 e. The van der Waals surface area contributed by atoms with E-state index in [1.54, 1.807) is 7.11 Å². The number of rotatable bonds is 5. The molecule has 0 aliphatic carbocycles. The molecular formula is C18H19N3O. The van der Waals surface area contributed by atoms with Crippen molar-refractivity contribution >= 4 is 5.69 Å². The molecule has 0 saturated carbocycles. The highest BCUT2D eigenvalue weighted by Gasteiger charge is 2.07. The molecule has 3 aromatic rings. The predicted octanol–water partition coefficient (Wildman–Crippen LogP) is 4.05. The largest absolute Gasteiger partial charge is 0.497 e. The van der Waals surface area contributed by atoms with Crippen LogP contribution in [0.15, 0.2) is 67.0 Å². The van der Waals surface area contributed by atoms with Gasteiger partial charge in [0.05, 0.1) is 30.9 Å². The van der Waals surface area contributed by atoms with Gasteiger partial charge in [0.25, 0.3) is 0 Å². The van der Waals surface area contributed by atoms with E-state index < -0.39 is 0 Å². The fourth-order valence-electron chi connectivity index (χ4n) is 2.35. The van der Waals surface area contributed by atoms with Crippen molar-refractivity contribution in [1.82, 2.24) is 9.78 Å². The molecule has 1 unspecified atom stereocenters. The molecule has 0 aliphatic heterocycles. The van der Waals surface area contributed by atoms with Gasteiger partial charge in [0.1, 0.15) is 5.75 Å². The molecule has 22 heavy (non-hydrogen) atoms. The molecule has 1 atom stereocenters. The first-order valence-corrected chi connectivity index (χ1v) is 7.27. The van der Waals surface area contributed by atoms with Crippen LogP contribution in [-0.4, -0.2) is 16.9 Å². The molecule has 0 spiro atoms. The van der Waals surface area contributed by atoms with E-state index in [0.717, 1.165) is 17.1 Å². The van der Waals surface area contributed by atoms with Crippen LogP contribution >= 0.6 is 0 Å². The first kappa shape index (κ1) is 14.2. The number of benzene rings is 2. The van der Waals surface area contributed by atoms with Gasteiger partial charge >= 0.3 is 0 Å². The summed E-state index contributed by atoms with van der Waals surface area (Å²) in [6, 6.07) is 18.3. The van der Waals surface area contributed by atoms with Crippen molar-refractivity contribution < 1.29 is 4.74 Å². The van der Waals surface area contributed by atoms with Crippen molar-refractivity contribution in [2.24, 2.45) is 0 Å². The normalized spacial score (nSPS) is 11.9. The minimum Gasteiger partial charge on any atom is -0.497 e. The van der Waals surface area contributed by atoms with Gasteiger partial charge in [0.15, 0.2) is 0 Å². The Morgan fingerprint density at radius 2 is 1.77 bits per heavy atom. The van der Waals surface area contributed by atoms with Gasteiger partial charge in [0.2, 0.25) is 0 Å². The molecule has 4 heteroatoms. The van der Waals surface area contributed by atoms with E-state index in [1.807, 2.05) is 59.5 Å². The lowest BCUT2D eigenvalue weighted by atomic mass is 10.1. The zero-order valence-corrected chi connectivity index (χ0v) is 12.7. The lowest BCUT2D eigenvalue weighted by Crippen LogP contribution is -2.05. The quantitative estimate of drug-likeness (QED) is 0.771. The number of para-hydroxylation sites is 1. The Labute approximate surface area is 130 Å². The minimum absolute atomic E-state index is 0.194. The Morgan fingerprint density at radius 3 is 2.45 bits per heavy atom. The van der Waals surface area contributed by atoms with Crippen molar-refractivity contribution in [3.8, 4) is 11.4 Å². The molecule has 0 radical (unpaired) electrons. The number of nitrogens with zero attached hydrogens (tertiary/aromatic N) is 2. The van der Waals surface area contributed by atoms with E-state index in [2.05, 4.69) is 29.5 Å². The van der Waals surface area contributed by atoms with Gasteiger partial charge in [-0.1, -0.05) is 30.3 Å². The first-order chi connectivity index (χ1) is 10.8. The molecule has 0 fully saturated rings. The average molecular weight is 293 g/mol. The highest BCUT2D eigenvalue weighted by atomic mass is 16.5. The molecule has 0 aliphatic rings. The summed E-state index contributed by atoms with van der Waals surface area (Å²) in [7, 11) is 1.68. The van der Waals surface area contributed by atoms with Gasteiger partial charge in [-0.2, -0.15) is 5.10 Å². The Bertz CT molecular complexity index is 720. The standard InChI is InChI=1S/C18H19N3O/c1-14(15-8-10-18(22-2)11-9-15)20-16-12-19-21(13-16)17-6-4-3-5-7-17/h3-14,20H,1-2H3. The molecule has 0 amide bonds. The summed E-state index contributed by atoms with van der Waals surface area (Å²) >= 11 is 0. The monoisotopic (exact) mass is 293 g/mol. The topological polar surface area (TPSA) is 39.1 Å². The van der Waals surface area contributed by atoms with E-state index in [1.165, 1.54) is 5.56 Å². The molecule has 3 rings (SSSR count). The van der Waals surface area contributed by atoms with Crippen molar-refractivity contribution in [2.45, 2.75) is 13.0 Å². The molecule has 1 aromatic heterocycles. The second-order valence-corrected chi connectivity index (χ2v) is 5.15. The Morgan fingerprint density at radius 1 is 1.05 bits per heavy atom. The second-order valence-electron chi connectivity index (χ2n) is 5.15. The third-order valence-electron chi connectivity index (χ3n) is 3.60. The summed E-state index contributed by atoms with van der Waals surface area (Å²) in [6.45, 7) is 2.13. The zero-order chi connectivity index (χ0) is 15.4. The summed E-state index contributed by atoms with van der Waals surface area (Å²) in [5.41, 5.74) is 3.24. The molecule has 112 valence electrons. The van der Waals surface area contributed by atoms with Crippen LogP contribution in [0.3, 0.4) is 0 Å². The van der Waals surface area contributed by atoms with Crippen molar-refractivity contribution in [3.05, 3.63) is 72.6 Å². The third kappa shape index (κ3) is 3.11. The highest BCUT2D eigenvalue weighted by Crippen LogP contribution is 2.22. The van der Waals surface area contributed by atoms with Crippen LogP contribution < -0.4 is 10.1 Å². The SMILES string of the molecule is COc1ccc(C(C)Nc2cnn(-c3ccccc3)c2)cc1. The van der Waals surface area contributed by atoms with Gasteiger partial charge in [-0.25, -0.2) is 4.68 Å². The van der Waals surface area contributed by atoms with E-state index in [0.29, 0.717) is 0 Å².